The molecule has 0 aromatic rings. The summed E-state index contributed by atoms with van der Waals surface area (Å²) in [6.45, 7) is 2.18. The van der Waals surface area contributed by atoms with Crippen LogP contribution in [0.3, 0.4) is 0 Å². The normalized spacial score (nSPS) is 25.4. The van der Waals surface area contributed by atoms with Gasteiger partial charge in [-0.2, -0.15) is 0 Å². The molecule has 2 N–H and O–H groups in total. The smallest absolute Gasteiger partial charge is 0.220 e. The Balaban J connectivity index is 2.50. The summed E-state index contributed by atoms with van der Waals surface area (Å²) in [4.78, 5) is 12.7. The summed E-state index contributed by atoms with van der Waals surface area (Å²) in [5.74, 6) is 1.95. The zero-order chi connectivity index (χ0) is 7.56. The van der Waals surface area contributed by atoms with Gasteiger partial charge in [-0.1, -0.05) is 0 Å². The van der Waals surface area contributed by atoms with Crippen molar-refractivity contribution in [3.63, 3.8) is 0 Å². The van der Waals surface area contributed by atoms with Crippen LogP contribution in [0, 0.1) is 0 Å². The first-order valence-corrected chi connectivity index (χ1v) is 4.46. The summed E-state index contributed by atoms with van der Waals surface area (Å²) in [6.07, 6.45) is 0. The number of hydrogen-bond acceptors (Lipinski definition) is 3. The highest BCUT2D eigenvalue weighted by atomic mass is 32.2. The largest absolute Gasteiger partial charge is 0.329 e. The fourth-order valence-corrected chi connectivity index (χ4v) is 2.31. The van der Waals surface area contributed by atoms with Crippen molar-refractivity contribution in [3.05, 3.63) is 0 Å². The third-order valence-corrected chi connectivity index (χ3v) is 2.74. The molecule has 1 rings (SSSR count). The maximum absolute atomic E-state index is 10.9. The van der Waals surface area contributed by atoms with E-state index in [0.717, 1.165) is 11.6 Å². The van der Waals surface area contributed by atoms with E-state index >= 15 is 0 Å². The average molecular weight is 160 g/mol. The van der Waals surface area contributed by atoms with Crippen LogP contribution in [-0.2, 0) is 4.79 Å². The van der Waals surface area contributed by atoms with Gasteiger partial charge in [-0.05, 0) is 0 Å². The third-order valence-electron chi connectivity index (χ3n) is 1.66. The number of rotatable bonds is 1. The molecule has 1 aliphatic rings. The zero-order valence-corrected chi connectivity index (χ0v) is 6.86. The summed E-state index contributed by atoms with van der Waals surface area (Å²) in [5.41, 5.74) is 5.45. The molecule has 0 bridgehead atoms. The van der Waals surface area contributed by atoms with Crippen molar-refractivity contribution in [2.75, 3.05) is 18.2 Å². The van der Waals surface area contributed by atoms with Gasteiger partial charge in [0.05, 0.1) is 11.9 Å². The van der Waals surface area contributed by atoms with Crippen molar-refractivity contribution in [2.45, 2.75) is 13.0 Å². The maximum Gasteiger partial charge on any atom is 0.220 e. The van der Waals surface area contributed by atoms with Crippen LogP contribution in [0.2, 0.25) is 0 Å². The second-order valence-electron chi connectivity index (χ2n) is 2.38. The predicted octanol–water partition coefficient (Wildman–Crippen LogP) is -0.133. The highest BCUT2D eigenvalue weighted by Crippen LogP contribution is 2.19. The van der Waals surface area contributed by atoms with Gasteiger partial charge in [0.15, 0.2) is 0 Å². The van der Waals surface area contributed by atoms with E-state index in [0.29, 0.717) is 6.54 Å². The van der Waals surface area contributed by atoms with Crippen molar-refractivity contribution in [2.24, 2.45) is 5.73 Å². The first-order valence-electron chi connectivity index (χ1n) is 3.30. The van der Waals surface area contributed by atoms with E-state index in [1.54, 1.807) is 18.7 Å². The van der Waals surface area contributed by atoms with E-state index < -0.39 is 0 Å². The molecular formula is C6H12N2OS. The second-order valence-corrected chi connectivity index (χ2v) is 3.38. The minimum absolute atomic E-state index is 0.139. The number of nitrogens with two attached hydrogens (primary N) is 1. The van der Waals surface area contributed by atoms with Gasteiger partial charge in [0.25, 0.3) is 0 Å². The van der Waals surface area contributed by atoms with Gasteiger partial charge >= 0.3 is 0 Å². The highest BCUT2D eigenvalue weighted by Gasteiger charge is 2.24. The van der Waals surface area contributed by atoms with Crippen LogP contribution in [0.5, 0.6) is 0 Å². The van der Waals surface area contributed by atoms with Crippen LogP contribution in [0.15, 0.2) is 0 Å². The fraction of sp³-hybridized carbons (Fsp3) is 0.833. The number of amides is 1. The van der Waals surface area contributed by atoms with Crippen LogP contribution in [0.1, 0.15) is 6.92 Å². The second kappa shape index (κ2) is 3.25. The molecule has 3 nitrogen and oxygen atoms in total. The van der Waals surface area contributed by atoms with E-state index in [1.807, 2.05) is 4.90 Å². The number of carbonyl (C=O) groups is 1. The van der Waals surface area contributed by atoms with E-state index in [9.17, 15) is 4.79 Å². The molecule has 58 valence electrons. The lowest BCUT2D eigenvalue weighted by atomic mass is 10.3. The van der Waals surface area contributed by atoms with E-state index in [4.69, 9.17) is 5.73 Å². The standard InChI is InChI=1S/C6H12N2OS/c1-5(9)8-4-10-3-6(8)2-7/h6H,2-4,7H2,1H3. The summed E-state index contributed by atoms with van der Waals surface area (Å²) in [5, 5.41) is 0. The Morgan fingerprint density at radius 2 is 2.60 bits per heavy atom. The van der Waals surface area contributed by atoms with Crippen molar-refractivity contribution >= 4 is 17.7 Å². The van der Waals surface area contributed by atoms with Gasteiger partial charge in [-0.3, -0.25) is 4.79 Å². The molecule has 0 saturated carbocycles. The lowest BCUT2D eigenvalue weighted by Crippen LogP contribution is -2.39. The quantitative estimate of drug-likeness (QED) is 0.581. The van der Waals surface area contributed by atoms with Gasteiger partial charge < -0.3 is 10.6 Å². The molecular weight excluding hydrogens is 148 g/mol. The molecule has 1 heterocycles. The number of thioether (sulfide) groups is 1. The predicted molar refractivity (Wildman–Crippen MR) is 42.7 cm³/mol. The summed E-state index contributed by atoms with van der Waals surface area (Å²) < 4.78 is 0. The fourth-order valence-electron chi connectivity index (χ4n) is 1.03. The van der Waals surface area contributed by atoms with E-state index in [2.05, 4.69) is 0 Å². The van der Waals surface area contributed by atoms with Gasteiger partial charge in [-0.25, -0.2) is 0 Å². The summed E-state index contributed by atoms with van der Waals surface area (Å²) in [7, 11) is 0. The Kier molecular flexibility index (Phi) is 2.56. The molecule has 1 aliphatic heterocycles. The van der Waals surface area contributed by atoms with Gasteiger partial charge in [-0.15, -0.1) is 11.8 Å². The van der Waals surface area contributed by atoms with Crippen LogP contribution < -0.4 is 5.73 Å². The molecule has 0 spiro atoms. The van der Waals surface area contributed by atoms with Crippen LogP contribution in [0.4, 0.5) is 0 Å². The monoisotopic (exact) mass is 160 g/mol. The maximum atomic E-state index is 10.9. The number of hydrogen-bond donors (Lipinski definition) is 1. The zero-order valence-electron chi connectivity index (χ0n) is 6.04. The average Bonchev–Trinajstić information content (AvgIpc) is 2.33. The Bertz CT molecular complexity index is 140. The SMILES string of the molecule is CC(=O)N1CSCC1CN. The van der Waals surface area contributed by atoms with E-state index in [1.165, 1.54) is 0 Å². The molecule has 1 atom stereocenters. The molecule has 1 amide bonds. The lowest BCUT2D eigenvalue weighted by molar-refractivity contribution is -0.129. The first kappa shape index (κ1) is 7.88. The Labute approximate surface area is 64.9 Å². The minimum Gasteiger partial charge on any atom is -0.329 e. The molecule has 1 unspecified atom stereocenters. The lowest BCUT2D eigenvalue weighted by Gasteiger charge is -2.19. The molecule has 0 aromatic carbocycles. The van der Waals surface area contributed by atoms with Gasteiger partial charge in [0.1, 0.15) is 0 Å². The van der Waals surface area contributed by atoms with Crippen molar-refractivity contribution < 1.29 is 4.79 Å². The first-order chi connectivity index (χ1) is 4.75. The summed E-state index contributed by atoms with van der Waals surface area (Å²) >= 11 is 1.77. The molecule has 1 saturated heterocycles. The molecule has 0 aromatic heterocycles. The molecule has 0 aliphatic carbocycles. The van der Waals surface area contributed by atoms with Gasteiger partial charge in [0, 0.05) is 19.2 Å². The van der Waals surface area contributed by atoms with Crippen molar-refractivity contribution in [3.8, 4) is 0 Å². The Morgan fingerprint density at radius 3 is 3.00 bits per heavy atom. The van der Waals surface area contributed by atoms with Crippen LogP contribution >= 0.6 is 11.8 Å². The van der Waals surface area contributed by atoms with E-state index in [-0.39, 0.29) is 11.9 Å². The minimum atomic E-state index is 0.139. The Hall–Kier alpha value is -0.220. The van der Waals surface area contributed by atoms with Crippen molar-refractivity contribution in [1.29, 1.82) is 0 Å². The molecule has 1 fully saturated rings. The molecule has 10 heavy (non-hydrogen) atoms. The number of carbonyl (C=O) groups excluding carboxylic acids is 1. The summed E-state index contributed by atoms with van der Waals surface area (Å²) in [6, 6.07) is 0.280. The molecule has 0 radical (unpaired) electrons. The molecule has 4 heteroatoms. The van der Waals surface area contributed by atoms with Gasteiger partial charge in [0.2, 0.25) is 5.91 Å². The number of nitrogens with zero attached hydrogens (tertiary/aromatic N) is 1. The van der Waals surface area contributed by atoms with Crippen LogP contribution in [-0.4, -0.2) is 35.0 Å². The van der Waals surface area contributed by atoms with Crippen LogP contribution in [0.25, 0.3) is 0 Å². The highest BCUT2D eigenvalue weighted by molar-refractivity contribution is 7.99. The Morgan fingerprint density at radius 1 is 1.90 bits per heavy atom. The third kappa shape index (κ3) is 1.44. The topological polar surface area (TPSA) is 46.3 Å². The van der Waals surface area contributed by atoms with Crippen molar-refractivity contribution in [1.82, 2.24) is 4.90 Å².